The Hall–Kier alpha value is -1.55. The van der Waals surface area contributed by atoms with Gasteiger partial charge < -0.3 is 15.5 Å². The Morgan fingerprint density at radius 2 is 2.24 bits per heavy atom. The minimum absolute atomic E-state index is 0.233. The number of hydrogen-bond donors (Lipinski definition) is 2. The van der Waals surface area contributed by atoms with E-state index in [1.165, 1.54) is 16.8 Å². The summed E-state index contributed by atoms with van der Waals surface area (Å²) in [5.41, 5.74) is 4.03. The van der Waals surface area contributed by atoms with Crippen molar-refractivity contribution in [2.24, 2.45) is 5.92 Å². The lowest BCUT2D eigenvalue weighted by Gasteiger charge is -2.42. The van der Waals surface area contributed by atoms with Crippen molar-refractivity contribution < 1.29 is 4.79 Å². The molecule has 2 unspecified atom stereocenters. The second kappa shape index (κ2) is 6.06. The molecule has 0 aromatic heterocycles. The topological polar surface area (TPSA) is 44.4 Å². The van der Waals surface area contributed by atoms with Crippen LogP contribution in [0.5, 0.6) is 0 Å². The van der Waals surface area contributed by atoms with Crippen LogP contribution in [-0.2, 0) is 11.3 Å². The largest absolute Gasteiger partial charge is 0.371 e. The fraction of sp³-hybridized carbons (Fsp3) is 0.588. The first-order valence-electron chi connectivity index (χ1n) is 7.96. The number of fused-ring (bicyclic) bond motifs is 1. The highest BCUT2D eigenvalue weighted by molar-refractivity contribution is 5.77. The van der Waals surface area contributed by atoms with Crippen molar-refractivity contribution in [2.45, 2.75) is 38.8 Å². The van der Waals surface area contributed by atoms with Gasteiger partial charge in [-0.25, -0.2) is 0 Å². The number of aryl methyl sites for hydroxylation is 1. The second-order valence-corrected chi connectivity index (χ2v) is 6.35. The molecule has 2 fully saturated rings. The molecule has 2 saturated heterocycles. The van der Waals surface area contributed by atoms with Crippen molar-refractivity contribution >= 4 is 11.6 Å². The molecule has 0 radical (unpaired) electrons. The van der Waals surface area contributed by atoms with Crippen LogP contribution < -0.4 is 15.5 Å². The van der Waals surface area contributed by atoms with E-state index >= 15 is 0 Å². The van der Waals surface area contributed by atoms with Gasteiger partial charge in [0.1, 0.15) is 0 Å². The maximum absolute atomic E-state index is 11.5. The predicted octanol–water partition coefficient (Wildman–Crippen LogP) is 1.82. The number of nitrogens with one attached hydrogen (secondary N) is 2. The molecule has 2 heterocycles. The molecule has 0 aliphatic carbocycles. The first-order valence-corrected chi connectivity index (χ1v) is 7.96. The van der Waals surface area contributed by atoms with Crippen LogP contribution in [0.2, 0.25) is 0 Å². The van der Waals surface area contributed by atoms with Crippen molar-refractivity contribution in [2.75, 3.05) is 25.0 Å². The number of benzene rings is 1. The summed E-state index contributed by atoms with van der Waals surface area (Å²) in [6.45, 7) is 5.20. The van der Waals surface area contributed by atoms with E-state index in [1.807, 2.05) is 7.05 Å². The van der Waals surface area contributed by atoms with Crippen LogP contribution in [0.3, 0.4) is 0 Å². The highest BCUT2D eigenvalue weighted by Gasteiger charge is 2.33. The number of amides is 1. The smallest absolute Gasteiger partial charge is 0.220 e. The standard InChI is InChI=1S/C17H25N3O/c1-12-9-15(5-3-13(12)10-18-2)20-8-7-16-14(11-20)4-6-17(21)19-16/h3,5,9,14,16,18H,4,6-8,10-11H2,1-2H3,(H,19,21). The number of carbonyl (C=O) groups is 1. The van der Waals surface area contributed by atoms with Crippen molar-refractivity contribution in [3.05, 3.63) is 29.3 Å². The summed E-state index contributed by atoms with van der Waals surface area (Å²) >= 11 is 0. The van der Waals surface area contributed by atoms with E-state index in [0.29, 0.717) is 18.4 Å². The molecule has 1 aromatic rings. The van der Waals surface area contributed by atoms with Gasteiger partial charge in [-0.15, -0.1) is 0 Å². The Balaban J connectivity index is 1.70. The molecule has 21 heavy (non-hydrogen) atoms. The summed E-state index contributed by atoms with van der Waals surface area (Å²) in [5, 5.41) is 6.37. The van der Waals surface area contributed by atoms with Gasteiger partial charge in [0, 0.05) is 37.8 Å². The molecule has 4 nitrogen and oxygen atoms in total. The molecule has 1 amide bonds. The minimum atomic E-state index is 0.233. The molecule has 114 valence electrons. The van der Waals surface area contributed by atoms with Crippen molar-refractivity contribution in [1.82, 2.24) is 10.6 Å². The molecule has 0 bridgehead atoms. The summed E-state index contributed by atoms with van der Waals surface area (Å²) < 4.78 is 0. The highest BCUT2D eigenvalue weighted by Crippen LogP contribution is 2.29. The number of piperidine rings is 2. The number of carbonyl (C=O) groups excluding carboxylic acids is 1. The monoisotopic (exact) mass is 287 g/mol. The molecular formula is C17H25N3O. The van der Waals surface area contributed by atoms with Gasteiger partial charge in [0.25, 0.3) is 0 Å². The van der Waals surface area contributed by atoms with E-state index in [2.05, 4.69) is 40.7 Å². The average molecular weight is 287 g/mol. The van der Waals surface area contributed by atoms with Crippen LogP contribution in [-0.4, -0.2) is 32.1 Å². The average Bonchev–Trinajstić information content (AvgIpc) is 2.49. The summed E-state index contributed by atoms with van der Waals surface area (Å²) in [6.07, 6.45) is 2.78. The summed E-state index contributed by atoms with van der Waals surface area (Å²) in [5.74, 6) is 0.839. The Morgan fingerprint density at radius 3 is 3.00 bits per heavy atom. The third-order valence-corrected chi connectivity index (χ3v) is 4.88. The van der Waals surface area contributed by atoms with E-state index in [1.54, 1.807) is 0 Å². The van der Waals surface area contributed by atoms with Crippen molar-refractivity contribution in [3.8, 4) is 0 Å². The fourth-order valence-electron chi connectivity index (χ4n) is 3.61. The lowest BCUT2D eigenvalue weighted by atomic mass is 9.85. The second-order valence-electron chi connectivity index (χ2n) is 6.35. The van der Waals surface area contributed by atoms with Crippen LogP contribution >= 0.6 is 0 Å². The summed E-state index contributed by atoms with van der Waals surface area (Å²) in [4.78, 5) is 14.0. The first kappa shape index (κ1) is 14.4. The molecule has 3 rings (SSSR count). The quantitative estimate of drug-likeness (QED) is 0.891. The minimum Gasteiger partial charge on any atom is -0.371 e. The number of anilines is 1. The number of rotatable bonds is 3. The molecular weight excluding hydrogens is 262 g/mol. The Kier molecular flexibility index (Phi) is 4.15. The van der Waals surface area contributed by atoms with Crippen molar-refractivity contribution in [1.29, 1.82) is 0 Å². The first-order chi connectivity index (χ1) is 10.2. The van der Waals surface area contributed by atoms with E-state index in [9.17, 15) is 4.79 Å². The van der Waals surface area contributed by atoms with Gasteiger partial charge in [0.15, 0.2) is 0 Å². The molecule has 0 saturated carbocycles. The third-order valence-electron chi connectivity index (χ3n) is 4.88. The van der Waals surface area contributed by atoms with E-state index in [4.69, 9.17) is 0 Å². The van der Waals surface area contributed by atoms with E-state index in [0.717, 1.165) is 32.5 Å². The molecule has 2 N–H and O–H groups in total. The SMILES string of the molecule is CNCc1ccc(N2CCC3NC(=O)CCC3C2)cc1C. The van der Waals surface area contributed by atoms with Crippen LogP contribution in [0.15, 0.2) is 18.2 Å². The molecule has 0 spiro atoms. The van der Waals surface area contributed by atoms with Crippen LogP contribution in [0, 0.1) is 12.8 Å². The summed E-state index contributed by atoms with van der Waals surface area (Å²) in [6, 6.07) is 7.17. The van der Waals surface area contributed by atoms with Gasteiger partial charge in [-0.1, -0.05) is 6.07 Å². The Morgan fingerprint density at radius 1 is 1.38 bits per heavy atom. The van der Waals surface area contributed by atoms with Crippen LogP contribution in [0.1, 0.15) is 30.4 Å². The lowest BCUT2D eigenvalue weighted by Crippen LogP contribution is -2.54. The van der Waals surface area contributed by atoms with Crippen molar-refractivity contribution in [3.63, 3.8) is 0 Å². The Labute approximate surface area is 126 Å². The van der Waals surface area contributed by atoms with Crippen LogP contribution in [0.25, 0.3) is 0 Å². The fourth-order valence-corrected chi connectivity index (χ4v) is 3.61. The Bertz CT molecular complexity index is 529. The molecule has 2 atom stereocenters. The normalized spacial score (nSPS) is 25.4. The zero-order chi connectivity index (χ0) is 14.8. The zero-order valence-electron chi connectivity index (χ0n) is 13.0. The maximum Gasteiger partial charge on any atom is 0.220 e. The van der Waals surface area contributed by atoms with Gasteiger partial charge in [0.05, 0.1) is 0 Å². The van der Waals surface area contributed by atoms with Gasteiger partial charge in [-0.05, 0) is 56.0 Å². The van der Waals surface area contributed by atoms with Crippen LogP contribution in [0.4, 0.5) is 5.69 Å². The third kappa shape index (κ3) is 3.05. The lowest BCUT2D eigenvalue weighted by molar-refractivity contribution is -0.124. The molecule has 1 aromatic carbocycles. The maximum atomic E-state index is 11.5. The van der Waals surface area contributed by atoms with Gasteiger partial charge in [-0.3, -0.25) is 4.79 Å². The van der Waals surface area contributed by atoms with E-state index < -0.39 is 0 Å². The number of nitrogens with zero attached hydrogens (tertiary/aromatic N) is 1. The predicted molar refractivity (Wildman–Crippen MR) is 85.4 cm³/mol. The highest BCUT2D eigenvalue weighted by atomic mass is 16.1. The van der Waals surface area contributed by atoms with Gasteiger partial charge in [-0.2, -0.15) is 0 Å². The zero-order valence-corrected chi connectivity index (χ0v) is 13.0. The van der Waals surface area contributed by atoms with Gasteiger partial charge >= 0.3 is 0 Å². The van der Waals surface area contributed by atoms with E-state index in [-0.39, 0.29) is 5.91 Å². The molecule has 4 heteroatoms. The molecule has 2 aliphatic rings. The summed E-state index contributed by atoms with van der Waals surface area (Å²) in [7, 11) is 1.98. The van der Waals surface area contributed by atoms with Gasteiger partial charge in [0.2, 0.25) is 5.91 Å². The molecule has 2 aliphatic heterocycles. The number of hydrogen-bond acceptors (Lipinski definition) is 3.